The van der Waals surface area contributed by atoms with E-state index < -0.39 is 5.82 Å². The van der Waals surface area contributed by atoms with E-state index in [1.807, 2.05) is 6.92 Å². The van der Waals surface area contributed by atoms with Crippen LogP contribution in [0, 0.1) is 5.82 Å². The van der Waals surface area contributed by atoms with Gasteiger partial charge in [0.15, 0.2) is 0 Å². The summed E-state index contributed by atoms with van der Waals surface area (Å²) in [6.07, 6.45) is 0. The topological polar surface area (TPSA) is 46.3 Å². The van der Waals surface area contributed by atoms with Crippen LogP contribution in [0.5, 0.6) is 0 Å². The largest absolute Gasteiger partial charge is 0.399 e. The first-order valence-electron chi connectivity index (χ1n) is 4.36. The Bertz CT molecular complexity index is 352. The minimum Gasteiger partial charge on any atom is -0.399 e. The molecule has 76 valence electrons. The Hall–Kier alpha value is -1.58. The summed E-state index contributed by atoms with van der Waals surface area (Å²) in [5.74, 6) is -0.887. The van der Waals surface area contributed by atoms with Gasteiger partial charge in [-0.3, -0.25) is 4.79 Å². The minimum atomic E-state index is -0.537. The van der Waals surface area contributed by atoms with Gasteiger partial charge in [0.2, 0.25) is 0 Å². The summed E-state index contributed by atoms with van der Waals surface area (Å²) in [7, 11) is 1.62. The van der Waals surface area contributed by atoms with E-state index in [1.54, 1.807) is 7.05 Å². The molecule has 4 heteroatoms. The Morgan fingerprint density at radius 2 is 2.21 bits per heavy atom. The van der Waals surface area contributed by atoms with Gasteiger partial charge in [-0.1, -0.05) is 0 Å². The van der Waals surface area contributed by atoms with E-state index in [2.05, 4.69) is 0 Å². The molecule has 0 unspecified atom stereocenters. The van der Waals surface area contributed by atoms with Crippen molar-refractivity contribution in [3.8, 4) is 0 Å². The van der Waals surface area contributed by atoms with Crippen LogP contribution in [0.3, 0.4) is 0 Å². The van der Waals surface area contributed by atoms with Gasteiger partial charge in [-0.05, 0) is 25.1 Å². The summed E-state index contributed by atoms with van der Waals surface area (Å²) in [5, 5.41) is 0. The minimum absolute atomic E-state index is 0.0225. The monoisotopic (exact) mass is 196 g/mol. The van der Waals surface area contributed by atoms with Crippen molar-refractivity contribution in [3.63, 3.8) is 0 Å². The van der Waals surface area contributed by atoms with Crippen LogP contribution in [0.25, 0.3) is 0 Å². The van der Waals surface area contributed by atoms with E-state index >= 15 is 0 Å². The smallest absolute Gasteiger partial charge is 0.256 e. The highest BCUT2D eigenvalue weighted by molar-refractivity contribution is 5.95. The van der Waals surface area contributed by atoms with E-state index in [9.17, 15) is 9.18 Å². The molecule has 1 aromatic rings. The van der Waals surface area contributed by atoms with Gasteiger partial charge in [0, 0.05) is 19.3 Å². The number of benzene rings is 1. The summed E-state index contributed by atoms with van der Waals surface area (Å²) >= 11 is 0. The number of carbonyl (C=O) groups excluding carboxylic acids is 1. The molecule has 1 aromatic carbocycles. The second kappa shape index (κ2) is 4.09. The van der Waals surface area contributed by atoms with Crippen molar-refractivity contribution < 1.29 is 9.18 Å². The van der Waals surface area contributed by atoms with Gasteiger partial charge in [0.1, 0.15) is 5.82 Å². The molecule has 2 N–H and O–H groups in total. The predicted octanol–water partition coefficient (Wildman–Crippen LogP) is 1.50. The Labute approximate surface area is 82.3 Å². The van der Waals surface area contributed by atoms with Gasteiger partial charge in [-0.2, -0.15) is 0 Å². The third kappa shape index (κ3) is 2.02. The fourth-order valence-corrected chi connectivity index (χ4v) is 1.06. The number of hydrogen-bond donors (Lipinski definition) is 1. The summed E-state index contributed by atoms with van der Waals surface area (Å²) < 4.78 is 13.2. The molecule has 0 aliphatic rings. The number of nitrogens with two attached hydrogens (primary N) is 1. The first-order valence-corrected chi connectivity index (χ1v) is 4.36. The highest BCUT2D eigenvalue weighted by Gasteiger charge is 2.14. The number of nitrogen functional groups attached to an aromatic ring is 1. The van der Waals surface area contributed by atoms with Crippen LogP contribution in [-0.2, 0) is 0 Å². The fourth-order valence-electron chi connectivity index (χ4n) is 1.06. The summed E-state index contributed by atoms with van der Waals surface area (Å²) in [6.45, 7) is 2.36. The van der Waals surface area contributed by atoms with Crippen molar-refractivity contribution in [2.75, 3.05) is 19.3 Å². The highest BCUT2D eigenvalue weighted by Crippen LogP contribution is 2.13. The van der Waals surface area contributed by atoms with Crippen molar-refractivity contribution in [1.29, 1.82) is 0 Å². The van der Waals surface area contributed by atoms with Gasteiger partial charge in [-0.25, -0.2) is 4.39 Å². The van der Waals surface area contributed by atoms with Gasteiger partial charge in [0.25, 0.3) is 5.91 Å². The lowest BCUT2D eigenvalue weighted by Gasteiger charge is -2.14. The van der Waals surface area contributed by atoms with Gasteiger partial charge in [-0.15, -0.1) is 0 Å². The lowest BCUT2D eigenvalue weighted by molar-refractivity contribution is 0.0798. The molecule has 14 heavy (non-hydrogen) atoms. The molecular formula is C10H13FN2O. The Morgan fingerprint density at radius 1 is 1.57 bits per heavy atom. The van der Waals surface area contributed by atoms with Crippen LogP contribution in [-0.4, -0.2) is 24.4 Å². The summed E-state index contributed by atoms with van der Waals surface area (Å²) in [6, 6.07) is 3.98. The Balaban J connectivity index is 3.06. The number of halogens is 1. The molecule has 0 aliphatic carbocycles. The number of hydrogen-bond acceptors (Lipinski definition) is 2. The molecule has 1 rings (SSSR count). The maximum absolute atomic E-state index is 13.2. The van der Waals surface area contributed by atoms with E-state index in [0.717, 1.165) is 0 Å². The van der Waals surface area contributed by atoms with Gasteiger partial charge < -0.3 is 10.6 Å². The van der Waals surface area contributed by atoms with E-state index in [1.165, 1.54) is 23.1 Å². The summed E-state index contributed by atoms with van der Waals surface area (Å²) in [5.41, 5.74) is 5.88. The average Bonchev–Trinajstić information content (AvgIpc) is 2.19. The normalized spacial score (nSPS) is 9.93. The first kappa shape index (κ1) is 10.5. The van der Waals surface area contributed by atoms with Crippen molar-refractivity contribution in [2.24, 2.45) is 0 Å². The molecule has 0 fully saturated rings. The van der Waals surface area contributed by atoms with E-state index in [-0.39, 0.29) is 11.5 Å². The first-order chi connectivity index (χ1) is 6.56. The molecule has 0 atom stereocenters. The molecule has 1 amide bonds. The van der Waals surface area contributed by atoms with Gasteiger partial charge >= 0.3 is 0 Å². The molecule has 0 aromatic heterocycles. The standard InChI is InChI=1S/C10H13FN2O/c1-3-13(2)10(14)8-6-7(12)4-5-9(8)11/h4-6H,3,12H2,1-2H3. The molecule has 0 saturated carbocycles. The van der Waals surface area contributed by atoms with Crippen LogP contribution in [0.1, 0.15) is 17.3 Å². The number of carbonyl (C=O) groups is 1. The molecule has 0 spiro atoms. The van der Waals surface area contributed by atoms with E-state index in [0.29, 0.717) is 12.2 Å². The maximum atomic E-state index is 13.2. The van der Waals surface area contributed by atoms with Crippen molar-refractivity contribution >= 4 is 11.6 Å². The second-order valence-corrected chi connectivity index (χ2v) is 3.06. The fraction of sp³-hybridized carbons (Fsp3) is 0.300. The lowest BCUT2D eigenvalue weighted by Crippen LogP contribution is -2.27. The van der Waals surface area contributed by atoms with Gasteiger partial charge in [0.05, 0.1) is 5.56 Å². The third-order valence-corrected chi connectivity index (χ3v) is 2.04. The highest BCUT2D eigenvalue weighted by atomic mass is 19.1. The number of amides is 1. The van der Waals surface area contributed by atoms with Crippen molar-refractivity contribution in [1.82, 2.24) is 4.90 Å². The quantitative estimate of drug-likeness (QED) is 0.728. The Morgan fingerprint density at radius 3 is 2.79 bits per heavy atom. The second-order valence-electron chi connectivity index (χ2n) is 3.06. The zero-order valence-corrected chi connectivity index (χ0v) is 8.25. The van der Waals surface area contributed by atoms with Crippen LogP contribution in [0.2, 0.25) is 0 Å². The zero-order chi connectivity index (χ0) is 10.7. The van der Waals surface area contributed by atoms with Crippen molar-refractivity contribution in [2.45, 2.75) is 6.92 Å². The molecule has 0 bridgehead atoms. The average molecular weight is 196 g/mol. The SMILES string of the molecule is CCN(C)C(=O)c1cc(N)ccc1F. The predicted molar refractivity (Wildman–Crippen MR) is 53.4 cm³/mol. The molecular weight excluding hydrogens is 183 g/mol. The van der Waals surface area contributed by atoms with Crippen LogP contribution >= 0.6 is 0 Å². The molecule has 0 radical (unpaired) electrons. The lowest BCUT2D eigenvalue weighted by atomic mass is 10.1. The molecule has 0 saturated heterocycles. The number of rotatable bonds is 2. The van der Waals surface area contributed by atoms with Crippen molar-refractivity contribution in [3.05, 3.63) is 29.6 Å². The molecule has 0 heterocycles. The Kier molecular flexibility index (Phi) is 3.06. The van der Waals surface area contributed by atoms with Crippen LogP contribution in [0.15, 0.2) is 18.2 Å². The zero-order valence-electron chi connectivity index (χ0n) is 8.25. The third-order valence-electron chi connectivity index (χ3n) is 2.04. The van der Waals surface area contributed by atoms with Crippen LogP contribution in [0.4, 0.5) is 10.1 Å². The summed E-state index contributed by atoms with van der Waals surface area (Å²) in [4.78, 5) is 13.0. The van der Waals surface area contributed by atoms with Crippen LogP contribution < -0.4 is 5.73 Å². The number of anilines is 1. The number of nitrogens with zero attached hydrogens (tertiary/aromatic N) is 1. The molecule has 3 nitrogen and oxygen atoms in total. The molecule has 0 aliphatic heterocycles. The maximum Gasteiger partial charge on any atom is 0.256 e. The van der Waals surface area contributed by atoms with E-state index in [4.69, 9.17) is 5.73 Å².